The van der Waals surface area contributed by atoms with Gasteiger partial charge in [0.15, 0.2) is 5.78 Å². The summed E-state index contributed by atoms with van der Waals surface area (Å²) in [5.41, 5.74) is 6.09. The van der Waals surface area contributed by atoms with Gasteiger partial charge in [0.25, 0.3) is 0 Å². The molecule has 1 aliphatic rings. The van der Waals surface area contributed by atoms with Gasteiger partial charge in [0, 0.05) is 18.8 Å². The first-order valence-corrected chi connectivity index (χ1v) is 6.60. The van der Waals surface area contributed by atoms with Crippen molar-refractivity contribution in [2.75, 3.05) is 0 Å². The molecule has 1 saturated heterocycles. The van der Waals surface area contributed by atoms with E-state index in [1.807, 2.05) is 34.7 Å². The van der Waals surface area contributed by atoms with Gasteiger partial charge in [-0.25, -0.2) is 0 Å². The zero-order valence-corrected chi connectivity index (χ0v) is 12.3. The molecule has 5 nitrogen and oxygen atoms in total. The van der Waals surface area contributed by atoms with Gasteiger partial charge in [-0.3, -0.25) is 9.48 Å². The van der Waals surface area contributed by atoms with Gasteiger partial charge in [-0.1, -0.05) is 0 Å². The second kappa shape index (κ2) is 4.42. The van der Waals surface area contributed by atoms with Crippen molar-refractivity contribution in [3.8, 4) is 0 Å². The molecule has 0 radical (unpaired) electrons. The van der Waals surface area contributed by atoms with Gasteiger partial charge in [-0.2, -0.15) is 5.10 Å². The van der Waals surface area contributed by atoms with Crippen LogP contribution in [0.1, 0.15) is 45.7 Å². The van der Waals surface area contributed by atoms with Crippen LogP contribution in [-0.2, 0) is 16.6 Å². The van der Waals surface area contributed by atoms with E-state index in [2.05, 4.69) is 5.10 Å². The van der Waals surface area contributed by atoms with Crippen molar-refractivity contribution in [2.24, 2.45) is 18.7 Å². The maximum atomic E-state index is 12.6. The molecule has 1 aromatic heterocycles. The van der Waals surface area contributed by atoms with E-state index < -0.39 is 11.6 Å². The lowest BCUT2D eigenvalue weighted by atomic mass is 9.81. The molecular formula is C14H23N3O2. The SMILES string of the molecule is Cn1cc(C(N)C(=O)C2CC(C)(C)OC2(C)C)cn1. The fourth-order valence-electron chi connectivity index (χ4n) is 2.99. The number of carbonyl (C=O) groups is 1. The highest BCUT2D eigenvalue weighted by atomic mass is 16.5. The van der Waals surface area contributed by atoms with Crippen LogP contribution in [0, 0.1) is 5.92 Å². The Kier molecular flexibility index (Phi) is 3.31. The molecular weight excluding hydrogens is 242 g/mol. The zero-order chi connectivity index (χ0) is 14.4. The fraction of sp³-hybridized carbons (Fsp3) is 0.714. The highest BCUT2D eigenvalue weighted by Gasteiger charge is 2.50. The number of ether oxygens (including phenoxy) is 1. The normalized spacial score (nSPS) is 26.3. The van der Waals surface area contributed by atoms with E-state index in [0.717, 1.165) is 5.56 Å². The van der Waals surface area contributed by atoms with Crippen LogP contribution in [0.25, 0.3) is 0 Å². The lowest BCUT2D eigenvalue weighted by Crippen LogP contribution is -2.38. The lowest BCUT2D eigenvalue weighted by Gasteiger charge is -2.27. The molecule has 0 spiro atoms. The van der Waals surface area contributed by atoms with Crippen LogP contribution < -0.4 is 5.73 Å². The average molecular weight is 265 g/mol. The fourth-order valence-corrected chi connectivity index (χ4v) is 2.99. The summed E-state index contributed by atoms with van der Waals surface area (Å²) in [5, 5.41) is 4.06. The number of Topliss-reactive ketones (excluding diaryl/α,β-unsaturated/α-hetero) is 1. The largest absolute Gasteiger partial charge is 0.369 e. The predicted octanol–water partition coefficient (Wildman–Crippen LogP) is 1.58. The third-order valence-electron chi connectivity index (χ3n) is 3.81. The van der Waals surface area contributed by atoms with E-state index in [1.54, 1.807) is 17.1 Å². The molecule has 0 bridgehead atoms. The lowest BCUT2D eigenvalue weighted by molar-refractivity contribution is -0.130. The minimum Gasteiger partial charge on any atom is -0.369 e. The van der Waals surface area contributed by atoms with E-state index in [-0.39, 0.29) is 17.3 Å². The standard InChI is InChI=1S/C14H23N3O2/c1-13(2)6-10(14(3,4)19-13)12(18)11(15)9-7-16-17(5)8-9/h7-8,10-11H,6,15H2,1-5H3. The van der Waals surface area contributed by atoms with Crippen molar-refractivity contribution in [2.45, 2.75) is 51.4 Å². The molecule has 0 aliphatic carbocycles. The van der Waals surface area contributed by atoms with Crippen LogP contribution in [0.15, 0.2) is 12.4 Å². The van der Waals surface area contributed by atoms with Crippen molar-refractivity contribution in [3.63, 3.8) is 0 Å². The molecule has 0 aromatic carbocycles. The van der Waals surface area contributed by atoms with Crippen LogP contribution in [0.4, 0.5) is 0 Å². The van der Waals surface area contributed by atoms with Crippen molar-refractivity contribution in [1.82, 2.24) is 9.78 Å². The summed E-state index contributed by atoms with van der Waals surface area (Å²) in [6, 6.07) is -0.629. The second-order valence-electron chi connectivity index (χ2n) is 6.55. The predicted molar refractivity (Wildman–Crippen MR) is 72.5 cm³/mol. The number of nitrogens with zero attached hydrogens (tertiary/aromatic N) is 2. The minimum atomic E-state index is -0.629. The third-order valence-corrected chi connectivity index (χ3v) is 3.81. The van der Waals surface area contributed by atoms with E-state index in [9.17, 15) is 4.79 Å². The summed E-state index contributed by atoms with van der Waals surface area (Å²) in [7, 11) is 1.81. The smallest absolute Gasteiger partial charge is 0.160 e. The molecule has 2 N–H and O–H groups in total. The van der Waals surface area contributed by atoms with Crippen LogP contribution in [0.5, 0.6) is 0 Å². The molecule has 1 fully saturated rings. The van der Waals surface area contributed by atoms with E-state index in [4.69, 9.17) is 10.5 Å². The van der Waals surface area contributed by atoms with Gasteiger partial charge in [0.2, 0.25) is 0 Å². The molecule has 0 amide bonds. The number of hydrogen-bond donors (Lipinski definition) is 1. The van der Waals surface area contributed by atoms with E-state index >= 15 is 0 Å². The number of aryl methyl sites for hydroxylation is 1. The Labute approximate surface area is 114 Å². The van der Waals surface area contributed by atoms with Crippen molar-refractivity contribution >= 4 is 5.78 Å². The molecule has 2 unspecified atom stereocenters. The quantitative estimate of drug-likeness (QED) is 0.901. The first-order valence-electron chi connectivity index (χ1n) is 6.60. The summed E-state index contributed by atoms with van der Waals surface area (Å²) >= 11 is 0. The molecule has 106 valence electrons. The molecule has 1 aliphatic heterocycles. The Balaban J connectivity index is 2.20. The highest BCUT2D eigenvalue weighted by Crippen LogP contribution is 2.43. The van der Waals surface area contributed by atoms with Crippen LogP contribution >= 0.6 is 0 Å². The van der Waals surface area contributed by atoms with Crippen molar-refractivity contribution in [1.29, 1.82) is 0 Å². The Hall–Kier alpha value is -1.20. The van der Waals surface area contributed by atoms with Crippen LogP contribution in [-0.4, -0.2) is 26.8 Å². The van der Waals surface area contributed by atoms with Crippen LogP contribution in [0.3, 0.4) is 0 Å². The topological polar surface area (TPSA) is 70.1 Å². The maximum Gasteiger partial charge on any atom is 0.160 e. The molecule has 1 aromatic rings. The Morgan fingerprint density at radius 1 is 1.53 bits per heavy atom. The number of carbonyl (C=O) groups excluding carboxylic acids is 1. The van der Waals surface area contributed by atoms with Crippen molar-refractivity contribution < 1.29 is 9.53 Å². The first-order chi connectivity index (χ1) is 8.62. The van der Waals surface area contributed by atoms with Gasteiger partial charge < -0.3 is 10.5 Å². The number of rotatable bonds is 3. The summed E-state index contributed by atoms with van der Waals surface area (Å²) < 4.78 is 7.62. The summed E-state index contributed by atoms with van der Waals surface area (Å²) in [6.07, 6.45) is 4.14. The van der Waals surface area contributed by atoms with E-state index in [0.29, 0.717) is 6.42 Å². The average Bonchev–Trinajstić information content (AvgIpc) is 2.77. The Morgan fingerprint density at radius 3 is 2.58 bits per heavy atom. The van der Waals surface area contributed by atoms with Gasteiger partial charge in [-0.05, 0) is 34.1 Å². The van der Waals surface area contributed by atoms with E-state index in [1.165, 1.54) is 0 Å². The molecule has 5 heteroatoms. The number of ketones is 1. The molecule has 19 heavy (non-hydrogen) atoms. The number of aromatic nitrogens is 2. The molecule has 2 heterocycles. The number of hydrogen-bond acceptors (Lipinski definition) is 4. The summed E-state index contributed by atoms with van der Waals surface area (Å²) in [5.74, 6) is -0.152. The van der Waals surface area contributed by atoms with Gasteiger partial charge in [-0.15, -0.1) is 0 Å². The maximum absolute atomic E-state index is 12.6. The third kappa shape index (κ3) is 2.72. The summed E-state index contributed by atoms with van der Waals surface area (Å²) in [6.45, 7) is 7.94. The highest BCUT2D eigenvalue weighted by molar-refractivity contribution is 5.88. The molecule has 2 atom stereocenters. The van der Waals surface area contributed by atoms with Gasteiger partial charge >= 0.3 is 0 Å². The second-order valence-corrected chi connectivity index (χ2v) is 6.55. The molecule has 0 saturated carbocycles. The minimum absolute atomic E-state index is 0.0311. The van der Waals surface area contributed by atoms with Crippen LogP contribution in [0.2, 0.25) is 0 Å². The Morgan fingerprint density at radius 2 is 2.16 bits per heavy atom. The summed E-state index contributed by atoms with van der Waals surface area (Å²) in [4.78, 5) is 12.6. The Bertz CT molecular complexity index is 491. The monoisotopic (exact) mass is 265 g/mol. The van der Waals surface area contributed by atoms with Crippen molar-refractivity contribution in [3.05, 3.63) is 18.0 Å². The molecule has 2 rings (SSSR count). The van der Waals surface area contributed by atoms with Gasteiger partial charge in [0.1, 0.15) is 0 Å². The zero-order valence-electron chi connectivity index (χ0n) is 12.3. The number of nitrogens with two attached hydrogens (primary N) is 1. The van der Waals surface area contributed by atoms with Gasteiger partial charge in [0.05, 0.1) is 29.4 Å². The first kappa shape index (κ1) is 14.2.